The topological polar surface area (TPSA) is 15.3 Å². The average molecular weight is 240 g/mol. The highest BCUT2D eigenvalue weighted by Crippen LogP contribution is 2.27. The maximum atomic E-state index is 3.49. The largest absolute Gasteiger partial charge is 0.315 e. The molecule has 0 spiro atoms. The summed E-state index contributed by atoms with van der Waals surface area (Å²) in [6.07, 6.45) is 9.72. The predicted octanol–water partition coefficient (Wildman–Crippen LogP) is 3.42. The maximum absolute atomic E-state index is 3.49. The standard InChI is InChI=1S/C15H32N2/c1-4-6-12-17(15-10-11-15)13-8-7-9-14(3)16-5-2/h14-16H,4-13H2,1-3H3. The molecule has 1 unspecified atom stereocenters. The summed E-state index contributed by atoms with van der Waals surface area (Å²) in [6, 6.07) is 1.65. The van der Waals surface area contributed by atoms with Crippen LogP contribution in [-0.2, 0) is 0 Å². The second-order valence-corrected chi connectivity index (χ2v) is 5.58. The van der Waals surface area contributed by atoms with Crippen LogP contribution in [0.5, 0.6) is 0 Å². The number of hydrogen-bond donors (Lipinski definition) is 1. The first-order valence-electron chi connectivity index (χ1n) is 7.75. The molecular formula is C15H32N2. The molecule has 0 radical (unpaired) electrons. The Morgan fingerprint density at radius 1 is 1.12 bits per heavy atom. The molecule has 0 aliphatic heterocycles. The fourth-order valence-corrected chi connectivity index (χ4v) is 2.49. The van der Waals surface area contributed by atoms with Crippen LogP contribution in [0.4, 0.5) is 0 Å². The Balaban J connectivity index is 2.02. The van der Waals surface area contributed by atoms with Crippen molar-refractivity contribution in [2.24, 2.45) is 0 Å². The summed E-state index contributed by atoms with van der Waals surface area (Å²) in [5.41, 5.74) is 0. The molecule has 0 bridgehead atoms. The van der Waals surface area contributed by atoms with Crippen molar-refractivity contribution in [3.8, 4) is 0 Å². The van der Waals surface area contributed by atoms with E-state index in [-0.39, 0.29) is 0 Å². The van der Waals surface area contributed by atoms with Crippen LogP contribution in [0.15, 0.2) is 0 Å². The smallest absolute Gasteiger partial charge is 0.00964 e. The predicted molar refractivity (Wildman–Crippen MR) is 76.5 cm³/mol. The van der Waals surface area contributed by atoms with Gasteiger partial charge in [0.25, 0.3) is 0 Å². The molecule has 1 atom stereocenters. The highest BCUT2D eigenvalue weighted by Gasteiger charge is 2.27. The molecule has 1 saturated carbocycles. The molecule has 102 valence electrons. The van der Waals surface area contributed by atoms with Gasteiger partial charge in [0.1, 0.15) is 0 Å². The van der Waals surface area contributed by atoms with Gasteiger partial charge in [-0.15, -0.1) is 0 Å². The van der Waals surface area contributed by atoms with E-state index in [1.165, 1.54) is 58.0 Å². The monoisotopic (exact) mass is 240 g/mol. The van der Waals surface area contributed by atoms with Gasteiger partial charge in [0, 0.05) is 12.1 Å². The first-order chi connectivity index (χ1) is 8.27. The van der Waals surface area contributed by atoms with Crippen molar-refractivity contribution in [3.63, 3.8) is 0 Å². The number of rotatable bonds is 11. The Hall–Kier alpha value is -0.0800. The Bertz CT molecular complexity index is 178. The molecule has 1 rings (SSSR count). The maximum Gasteiger partial charge on any atom is 0.00964 e. The third-order valence-corrected chi connectivity index (χ3v) is 3.75. The van der Waals surface area contributed by atoms with E-state index in [1.54, 1.807) is 0 Å². The zero-order valence-corrected chi connectivity index (χ0v) is 12.2. The molecule has 0 aromatic carbocycles. The van der Waals surface area contributed by atoms with Crippen molar-refractivity contribution in [1.29, 1.82) is 0 Å². The average Bonchev–Trinajstić information content (AvgIpc) is 3.12. The van der Waals surface area contributed by atoms with Crippen LogP contribution in [0.1, 0.15) is 65.7 Å². The number of unbranched alkanes of at least 4 members (excludes halogenated alkanes) is 2. The molecule has 0 aromatic heterocycles. The van der Waals surface area contributed by atoms with Crippen molar-refractivity contribution in [1.82, 2.24) is 10.2 Å². The molecule has 1 N–H and O–H groups in total. The van der Waals surface area contributed by atoms with Crippen molar-refractivity contribution in [2.45, 2.75) is 77.8 Å². The molecular weight excluding hydrogens is 208 g/mol. The Labute approximate surface area is 108 Å². The molecule has 2 nitrogen and oxygen atoms in total. The van der Waals surface area contributed by atoms with E-state index in [2.05, 4.69) is 31.0 Å². The van der Waals surface area contributed by atoms with Crippen molar-refractivity contribution in [2.75, 3.05) is 19.6 Å². The van der Waals surface area contributed by atoms with Gasteiger partial charge < -0.3 is 10.2 Å². The minimum absolute atomic E-state index is 0.699. The van der Waals surface area contributed by atoms with E-state index < -0.39 is 0 Å². The lowest BCUT2D eigenvalue weighted by atomic mass is 10.1. The molecule has 2 heteroatoms. The Morgan fingerprint density at radius 3 is 2.41 bits per heavy atom. The van der Waals surface area contributed by atoms with Crippen LogP contribution in [0, 0.1) is 0 Å². The van der Waals surface area contributed by atoms with E-state index in [0.29, 0.717) is 6.04 Å². The quantitative estimate of drug-likeness (QED) is 0.557. The van der Waals surface area contributed by atoms with Gasteiger partial charge in [-0.1, -0.05) is 26.7 Å². The van der Waals surface area contributed by atoms with Gasteiger partial charge in [0.05, 0.1) is 0 Å². The van der Waals surface area contributed by atoms with Gasteiger partial charge in [0.15, 0.2) is 0 Å². The van der Waals surface area contributed by atoms with Gasteiger partial charge in [0.2, 0.25) is 0 Å². The summed E-state index contributed by atoms with van der Waals surface area (Å²) in [4.78, 5) is 2.74. The van der Waals surface area contributed by atoms with Gasteiger partial charge >= 0.3 is 0 Å². The minimum atomic E-state index is 0.699. The van der Waals surface area contributed by atoms with Gasteiger partial charge in [-0.3, -0.25) is 0 Å². The number of hydrogen-bond acceptors (Lipinski definition) is 2. The third-order valence-electron chi connectivity index (χ3n) is 3.75. The van der Waals surface area contributed by atoms with Crippen LogP contribution in [0.2, 0.25) is 0 Å². The summed E-state index contributed by atoms with van der Waals surface area (Å²) in [5.74, 6) is 0. The molecule has 0 aromatic rings. The normalized spacial score (nSPS) is 17.6. The molecule has 1 aliphatic rings. The lowest BCUT2D eigenvalue weighted by Gasteiger charge is -2.22. The first-order valence-corrected chi connectivity index (χ1v) is 7.75. The van der Waals surface area contributed by atoms with Gasteiger partial charge in [-0.2, -0.15) is 0 Å². The third kappa shape index (κ3) is 7.05. The zero-order chi connectivity index (χ0) is 12.5. The summed E-state index contributed by atoms with van der Waals surface area (Å²) < 4.78 is 0. The van der Waals surface area contributed by atoms with E-state index in [0.717, 1.165) is 12.6 Å². The van der Waals surface area contributed by atoms with Crippen molar-refractivity contribution in [3.05, 3.63) is 0 Å². The Kier molecular flexibility index (Phi) is 7.87. The molecule has 0 heterocycles. The highest BCUT2D eigenvalue weighted by atomic mass is 15.2. The van der Waals surface area contributed by atoms with E-state index in [9.17, 15) is 0 Å². The number of nitrogens with zero attached hydrogens (tertiary/aromatic N) is 1. The van der Waals surface area contributed by atoms with E-state index >= 15 is 0 Å². The first kappa shape index (κ1) is 15.0. The van der Waals surface area contributed by atoms with Gasteiger partial charge in [-0.05, 0) is 58.7 Å². The molecule has 1 aliphatic carbocycles. The molecule has 1 fully saturated rings. The minimum Gasteiger partial charge on any atom is -0.315 e. The van der Waals surface area contributed by atoms with Crippen molar-refractivity contribution >= 4 is 0 Å². The van der Waals surface area contributed by atoms with Crippen LogP contribution in [0.3, 0.4) is 0 Å². The second kappa shape index (κ2) is 8.93. The lowest BCUT2D eigenvalue weighted by molar-refractivity contribution is 0.252. The molecule has 0 amide bonds. The second-order valence-electron chi connectivity index (χ2n) is 5.58. The number of nitrogens with one attached hydrogen (secondary N) is 1. The lowest BCUT2D eigenvalue weighted by Crippen LogP contribution is -2.29. The van der Waals surface area contributed by atoms with Gasteiger partial charge in [-0.25, -0.2) is 0 Å². The van der Waals surface area contributed by atoms with E-state index in [4.69, 9.17) is 0 Å². The molecule has 0 saturated heterocycles. The summed E-state index contributed by atoms with van der Waals surface area (Å²) >= 11 is 0. The zero-order valence-electron chi connectivity index (χ0n) is 12.2. The Morgan fingerprint density at radius 2 is 1.82 bits per heavy atom. The highest BCUT2D eigenvalue weighted by molar-refractivity contribution is 4.84. The fourth-order valence-electron chi connectivity index (χ4n) is 2.49. The van der Waals surface area contributed by atoms with Crippen LogP contribution < -0.4 is 5.32 Å². The SMILES string of the molecule is CCCCN(CCCCC(C)NCC)C1CC1. The molecule has 17 heavy (non-hydrogen) atoms. The van der Waals surface area contributed by atoms with Crippen LogP contribution >= 0.6 is 0 Å². The van der Waals surface area contributed by atoms with Crippen LogP contribution in [-0.4, -0.2) is 36.6 Å². The summed E-state index contributed by atoms with van der Waals surface area (Å²) in [7, 11) is 0. The summed E-state index contributed by atoms with van der Waals surface area (Å²) in [5, 5.41) is 3.49. The summed E-state index contributed by atoms with van der Waals surface area (Å²) in [6.45, 7) is 10.6. The van der Waals surface area contributed by atoms with E-state index in [1.807, 2.05) is 0 Å². The van der Waals surface area contributed by atoms with Crippen molar-refractivity contribution < 1.29 is 0 Å². The fraction of sp³-hybridized carbons (Fsp3) is 1.00. The van der Waals surface area contributed by atoms with Crippen LogP contribution in [0.25, 0.3) is 0 Å².